The highest BCUT2D eigenvalue weighted by Crippen LogP contribution is 2.49. The fourth-order valence-corrected chi connectivity index (χ4v) is 5.81. The standard InChI is InChI=1S/C25H35N5O2/c1-24(2,22(29(3)4)20-15-17(26)9-12-28-20)16-30-13-10-25(11-14-30)19-8-6-5-7-18(19)21(32-25)23(27)31/h5-9,12,15,21-22H,10-11,13-14,16H2,1-4H3,(H2,26,28)(H2,27,31). The minimum absolute atomic E-state index is 0.0566. The average Bonchev–Trinajstić information content (AvgIpc) is 3.04. The van der Waals surface area contributed by atoms with Crippen LogP contribution in [-0.2, 0) is 15.1 Å². The Morgan fingerprint density at radius 2 is 1.97 bits per heavy atom. The highest BCUT2D eigenvalue weighted by Gasteiger charge is 2.49. The number of aromatic nitrogens is 1. The van der Waals surface area contributed by atoms with Gasteiger partial charge in [-0.25, -0.2) is 0 Å². The summed E-state index contributed by atoms with van der Waals surface area (Å²) in [6.07, 6.45) is 2.81. The molecular formula is C25H35N5O2. The van der Waals surface area contributed by atoms with Gasteiger partial charge in [-0.05, 0) is 55.6 Å². The van der Waals surface area contributed by atoms with Gasteiger partial charge >= 0.3 is 0 Å². The van der Waals surface area contributed by atoms with Crippen molar-refractivity contribution in [1.82, 2.24) is 14.8 Å². The molecule has 2 unspecified atom stereocenters. The summed E-state index contributed by atoms with van der Waals surface area (Å²) in [6, 6.07) is 11.9. The van der Waals surface area contributed by atoms with Crippen LogP contribution in [0.1, 0.15) is 55.7 Å². The molecule has 172 valence electrons. The Hall–Kier alpha value is -2.48. The molecule has 4 N–H and O–H groups in total. The lowest BCUT2D eigenvalue weighted by Gasteiger charge is -2.45. The number of ether oxygens (including phenoxy) is 1. The Bertz CT molecular complexity index is 982. The van der Waals surface area contributed by atoms with E-state index in [1.165, 1.54) is 0 Å². The van der Waals surface area contributed by atoms with Gasteiger partial charge in [0.25, 0.3) is 5.91 Å². The summed E-state index contributed by atoms with van der Waals surface area (Å²) in [5.41, 5.74) is 15.0. The van der Waals surface area contributed by atoms with E-state index < -0.39 is 17.6 Å². The number of fused-ring (bicyclic) bond motifs is 2. The predicted octanol–water partition coefficient (Wildman–Crippen LogP) is 2.84. The highest BCUT2D eigenvalue weighted by atomic mass is 16.5. The molecule has 2 atom stereocenters. The number of likely N-dealkylation sites (tertiary alicyclic amines) is 1. The van der Waals surface area contributed by atoms with Crippen molar-refractivity contribution in [1.29, 1.82) is 0 Å². The molecule has 0 bridgehead atoms. The molecule has 7 heteroatoms. The lowest BCUT2D eigenvalue weighted by atomic mass is 9.79. The molecule has 0 radical (unpaired) electrons. The van der Waals surface area contributed by atoms with Crippen molar-refractivity contribution >= 4 is 11.6 Å². The van der Waals surface area contributed by atoms with Crippen LogP contribution in [-0.4, -0.2) is 54.4 Å². The number of carbonyl (C=O) groups excluding carboxylic acids is 1. The zero-order valence-electron chi connectivity index (χ0n) is 19.5. The van der Waals surface area contributed by atoms with Gasteiger partial charge in [0.1, 0.15) is 0 Å². The lowest BCUT2D eigenvalue weighted by Crippen LogP contribution is -2.48. The van der Waals surface area contributed by atoms with Crippen LogP contribution in [0.25, 0.3) is 0 Å². The van der Waals surface area contributed by atoms with Crippen molar-refractivity contribution in [3.05, 3.63) is 59.4 Å². The molecule has 4 rings (SSSR count). The maximum absolute atomic E-state index is 12.0. The van der Waals surface area contributed by atoms with Crippen LogP contribution >= 0.6 is 0 Å². The number of nitrogens with two attached hydrogens (primary N) is 2. The van der Waals surface area contributed by atoms with Gasteiger partial charge in [-0.3, -0.25) is 9.78 Å². The minimum atomic E-state index is -0.651. The number of amides is 1. The van der Waals surface area contributed by atoms with Crippen molar-refractivity contribution in [2.24, 2.45) is 11.1 Å². The molecule has 2 aliphatic rings. The van der Waals surface area contributed by atoms with Crippen LogP contribution in [0.2, 0.25) is 0 Å². The normalized spacial score (nSPS) is 21.6. The van der Waals surface area contributed by atoms with Crippen LogP contribution in [0.4, 0.5) is 5.69 Å². The van der Waals surface area contributed by atoms with Crippen molar-refractivity contribution in [2.45, 2.75) is 44.4 Å². The molecule has 1 aromatic carbocycles. The average molecular weight is 438 g/mol. The van der Waals surface area contributed by atoms with Gasteiger partial charge in [0.15, 0.2) is 6.10 Å². The number of nitrogen functional groups attached to an aromatic ring is 1. The topological polar surface area (TPSA) is 97.7 Å². The van der Waals surface area contributed by atoms with Crippen molar-refractivity contribution in [3.8, 4) is 0 Å². The number of anilines is 1. The number of hydrogen-bond donors (Lipinski definition) is 2. The third-order valence-corrected chi connectivity index (χ3v) is 6.97. The molecule has 1 spiro atoms. The molecule has 0 saturated carbocycles. The maximum atomic E-state index is 12.0. The van der Waals surface area contributed by atoms with Gasteiger partial charge in [-0.2, -0.15) is 0 Å². The van der Waals surface area contributed by atoms with Gasteiger partial charge < -0.3 is 26.0 Å². The monoisotopic (exact) mass is 437 g/mol. The lowest BCUT2D eigenvalue weighted by molar-refractivity contribution is -0.148. The summed E-state index contributed by atoms with van der Waals surface area (Å²) in [4.78, 5) is 21.4. The quantitative estimate of drug-likeness (QED) is 0.721. The maximum Gasteiger partial charge on any atom is 0.251 e. The molecule has 32 heavy (non-hydrogen) atoms. The SMILES string of the molecule is CN(C)C(c1cc(N)ccn1)C(C)(C)CN1CCC2(CC1)OC(C(N)=O)c1ccccc12. The van der Waals surface area contributed by atoms with E-state index in [0.717, 1.165) is 55.0 Å². The number of hydrogen-bond acceptors (Lipinski definition) is 6. The second-order valence-electron chi connectivity index (χ2n) is 10.1. The van der Waals surface area contributed by atoms with Crippen LogP contribution in [0.15, 0.2) is 42.6 Å². The van der Waals surface area contributed by atoms with Crippen LogP contribution in [0.3, 0.4) is 0 Å². The van der Waals surface area contributed by atoms with Gasteiger partial charge in [0, 0.05) is 31.5 Å². The zero-order valence-corrected chi connectivity index (χ0v) is 19.5. The number of rotatable bonds is 6. The third kappa shape index (κ3) is 4.12. The number of pyridine rings is 1. The third-order valence-electron chi connectivity index (χ3n) is 6.97. The first-order valence-corrected chi connectivity index (χ1v) is 11.3. The smallest absolute Gasteiger partial charge is 0.251 e. The Kier molecular flexibility index (Phi) is 6.00. The summed E-state index contributed by atoms with van der Waals surface area (Å²) in [6.45, 7) is 7.29. The molecule has 2 aliphatic heterocycles. The fourth-order valence-electron chi connectivity index (χ4n) is 5.81. The first-order valence-electron chi connectivity index (χ1n) is 11.3. The molecule has 1 amide bonds. The van der Waals surface area contributed by atoms with E-state index in [9.17, 15) is 4.79 Å². The van der Waals surface area contributed by atoms with Gasteiger partial charge in [-0.15, -0.1) is 0 Å². The predicted molar refractivity (Wildman–Crippen MR) is 126 cm³/mol. The summed E-state index contributed by atoms with van der Waals surface area (Å²) in [7, 11) is 4.19. The van der Waals surface area contributed by atoms with Crippen molar-refractivity contribution in [3.63, 3.8) is 0 Å². The molecule has 1 fully saturated rings. The van der Waals surface area contributed by atoms with E-state index in [1.807, 2.05) is 30.3 Å². The van der Waals surface area contributed by atoms with E-state index in [2.05, 4.69) is 48.8 Å². The fraction of sp³-hybridized carbons (Fsp3) is 0.520. The molecule has 0 aliphatic carbocycles. The number of carbonyl (C=O) groups is 1. The summed E-state index contributed by atoms with van der Waals surface area (Å²) in [5, 5.41) is 0. The van der Waals surface area contributed by atoms with Crippen LogP contribution in [0, 0.1) is 5.41 Å². The molecule has 1 aromatic heterocycles. The Labute approximate surface area is 190 Å². The second kappa shape index (κ2) is 8.46. The first kappa shape index (κ1) is 22.7. The number of nitrogens with zero attached hydrogens (tertiary/aromatic N) is 3. The van der Waals surface area contributed by atoms with Gasteiger partial charge in [0.2, 0.25) is 0 Å². The Morgan fingerprint density at radius 3 is 2.59 bits per heavy atom. The highest BCUT2D eigenvalue weighted by molar-refractivity contribution is 5.82. The van der Waals surface area contributed by atoms with Crippen molar-refractivity contribution < 1.29 is 9.53 Å². The van der Waals surface area contributed by atoms with Crippen LogP contribution < -0.4 is 11.5 Å². The van der Waals surface area contributed by atoms with Gasteiger partial charge in [-0.1, -0.05) is 38.1 Å². The summed E-state index contributed by atoms with van der Waals surface area (Å²) >= 11 is 0. The number of primary amides is 1. The van der Waals surface area contributed by atoms with E-state index >= 15 is 0 Å². The number of benzene rings is 1. The van der Waals surface area contributed by atoms with E-state index in [4.69, 9.17) is 16.2 Å². The van der Waals surface area contributed by atoms with Gasteiger partial charge in [0.05, 0.1) is 17.3 Å². The molecule has 7 nitrogen and oxygen atoms in total. The largest absolute Gasteiger partial charge is 0.399 e. The molecule has 1 saturated heterocycles. The minimum Gasteiger partial charge on any atom is -0.399 e. The Balaban J connectivity index is 1.49. The first-order chi connectivity index (χ1) is 15.1. The summed E-state index contributed by atoms with van der Waals surface area (Å²) in [5.74, 6) is -0.415. The molecule has 2 aromatic rings. The molecule has 3 heterocycles. The summed E-state index contributed by atoms with van der Waals surface area (Å²) < 4.78 is 6.34. The van der Waals surface area contributed by atoms with Crippen molar-refractivity contribution in [2.75, 3.05) is 39.5 Å². The van der Waals surface area contributed by atoms with Crippen LogP contribution in [0.5, 0.6) is 0 Å². The molecular weight excluding hydrogens is 402 g/mol. The number of piperidine rings is 1. The Morgan fingerprint density at radius 1 is 1.28 bits per heavy atom. The van der Waals surface area contributed by atoms with E-state index in [1.54, 1.807) is 6.20 Å². The van der Waals surface area contributed by atoms with E-state index in [0.29, 0.717) is 0 Å². The van der Waals surface area contributed by atoms with E-state index in [-0.39, 0.29) is 11.5 Å². The second-order valence-corrected chi connectivity index (χ2v) is 10.1. The zero-order chi connectivity index (χ0) is 23.1.